The highest BCUT2D eigenvalue weighted by atomic mass is 16.5. The van der Waals surface area contributed by atoms with Crippen LogP contribution in [0.4, 0.5) is 5.82 Å². The fraction of sp³-hybridized carbons (Fsp3) is 0.643. The molecule has 2 rings (SSSR count). The predicted molar refractivity (Wildman–Crippen MR) is 73.9 cm³/mol. The number of hydrogen-bond acceptors (Lipinski definition) is 4. The third-order valence-electron chi connectivity index (χ3n) is 3.23. The fourth-order valence-corrected chi connectivity index (χ4v) is 2.12. The summed E-state index contributed by atoms with van der Waals surface area (Å²) in [4.78, 5) is 6.98. The van der Waals surface area contributed by atoms with Crippen molar-refractivity contribution in [2.24, 2.45) is 0 Å². The van der Waals surface area contributed by atoms with Crippen LogP contribution >= 0.6 is 0 Å². The molecule has 1 aromatic rings. The average Bonchev–Trinajstić information content (AvgIpc) is 3.22. The lowest BCUT2D eigenvalue weighted by molar-refractivity contribution is 0.204. The normalized spacial score (nSPS) is 14.8. The number of hydrogen-bond donors (Lipinski definition) is 1. The lowest BCUT2D eigenvalue weighted by Gasteiger charge is -2.25. The van der Waals surface area contributed by atoms with Gasteiger partial charge in [0.1, 0.15) is 5.82 Å². The summed E-state index contributed by atoms with van der Waals surface area (Å²) in [6.45, 7) is 5.68. The van der Waals surface area contributed by atoms with E-state index in [4.69, 9.17) is 4.74 Å². The second-order valence-electron chi connectivity index (χ2n) is 4.68. The van der Waals surface area contributed by atoms with E-state index in [0.29, 0.717) is 6.04 Å². The minimum absolute atomic E-state index is 0.662. The van der Waals surface area contributed by atoms with Gasteiger partial charge in [-0.05, 0) is 25.5 Å². The number of rotatable bonds is 8. The Hall–Kier alpha value is -1.13. The summed E-state index contributed by atoms with van der Waals surface area (Å²) < 4.78 is 5.21. The standard InChI is InChI=1S/C14H23N3O/c1-3-15-11-12-5-4-8-16-14(12)17(9-10-18-2)13-6-7-13/h4-5,8,13,15H,3,6-7,9-11H2,1-2H3. The van der Waals surface area contributed by atoms with Gasteiger partial charge in [-0.2, -0.15) is 0 Å². The summed E-state index contributed by atoms with van der Waals surface area (Å²) >= 11 is 0. The molecule has 1 saturated carbocycles. The molecular weight excluding hydrogens is 226 g/mol. The van der Waals surface area contributed by atoms with Crippen LogP contribution in [0.5, 0.6) is 0 Å². The summed E-state index contributed by atoms with van der Waals surface area (Å²) in [5.74, 6) is 1.12. The molecular formula is C14H23N3O. The fourth-order valence-electron chi connectivity index (χ4n) is 2.12. The molecule has 1 heterocycles. The molecule has 100 valence electrons. The van der Waals surface area contributed by atoms with Crippen molar-refractivity contribution in [1.82, 2.24) is 10.3 Å². The highest BCUT2D eigenvalue weighted by Gasteiger charge is 2.30. The third-order valence-corrected chi connectivity index (χ3v) is 3.23. The van der Waals surface area contributed by atoms with Crippen LogP contribution in [-0.4, -0.2) is 37.8 Å². The van der Waals surface area contributed by atoms with Crippen molar-refractivity contribution in [3.05, 3.63) is 23.9 Å². The number of nitrogens with zero attached hydrogens (tertiary/aromatic N) is 2. The smallest absolute Gasteiger partial charge is 0.133 e. The second kappa shape index (κ2) is 6.71. The summed E-state index contributed by atoms with van der Waals surface area (Å²) in [5, 5.41) is 3.38. The van der Waals surface area contributed by atoms with E-state index in [1.54, 1.807) is 7.11 Å². The van der Waals surface area contributed by atoms with Crippen molar-refractivity contribution in [2.45, 2.75) is 32.4 Å². The van der Waals surface area contributed by atoms with Crippen LogP contribution in [0.3, 0.4) is 0 Å². The second-order valence-corrected chi connectivity index (χ2v) is 4.68. The van der Waals surface area contributed by atoms with E-state index in [9.17, 15) is 0 Å². The van der Waals surface area contributed by atoms with Crippen molar-refractivity contribution in [2.75, 3.05) is 31.7 Å². The van der Waals surface area contributed by atoms with Crippen molar-refractivity contribution >= 4 is 5.82 Å². The van der Waals surface area contributed by atoms with Gasteiger partial charge in [0, 0.05) is 38.0 Å². The Bertz CT molecular complexity index is 366. The van der Waals surface area contributed by atoms with E-state index in [1.165, 1.54) is 18.4 Å². The third kappa shape index (κ3) is 3.43. The topological polar surface area (TPSA) is 37.4 Å². The monoisotopic (exact) mass is 249 g/mol. The van der Waals surface area contributed by atoms with Crippen LogP contribution in [0.2, 0.25) is 0 Å². The molecule has 1 aliphatic rings. The molecule has 0 unspecified atom stereocenters. The quantitative estimate of drug-likeness (QED) is 0.762. The van der Waals surface area contributed by atoms with Gasteiger partial charge in [-0.3, -0.25) is 0 Å². The molecule has 18 heavy (non-hydrogen) atoms. The number of ether oxygens (including phenoxy) is 1. The molecule has 4 heteroatoms. The highest BCUT2D eigenvalue weighted by Crippen LogP contribution is 2.31. The Kier molecular flexibility index (Phi) is 4.96. The summed E-state index contributed by atoms with van der Waals surface area (Å²) in [7, 11) is 1.75. The molecule has 1 fully saturated rings. The van der Waals surface area contributed by atoms with Crippen molar-refractivity contribution in [3.63, 3.8) is 0 Å². The van der Waals surface area contributed by atoms with E-state index in [1.807, 2.05) is 12.3 Å². The van der Waals surface area contributed by atoms with Crippen LogP contribution in [0.25, 0.3) is 0 Å². The Balaban J connectivity index is 2.12. The maximum absolute atomic E-state index is 5.21. The molecule has 1 N–H and O–H groups in total. The Morgan fingerprint density at radius 2 is 2.33 bits per heavy atom. The van der Waals surface area contributed by atoms with Crippen LogP contribution in [0, 0.1) is 0 Å². The van der Waals surface area contributed by atoms with E-state index in [2.05, 4.69) is 28.2 Å². The van der Waals surface area contributed by atoms with Gasteiger partial charge >= 0.3 is 0 Å². The molecule has 0 aliphatic heterocycles. The van der Waals surface area contributed by atoms with Crippen LogP contribution in [0.15, 0.2) is 18.3 Å². The molecule has 0 atom stereocenters. The number of aromatic nitrogens is 1. The number of methoxy groups -OCH3 is 1. The largest absolute Gasteiger partial charge is 0.383 e. The minimum Gasteiger partial charge on any atom is -0.383 e. The summed E-state index contributed by atoms with van der Waals surface area (Å²) in [6, 6.07) is 4.83. The average molecular weight is 249 g/mol. The molecule has 0 bridgehead atoms. The van der Waals surface area contributed by atoms with Crippen molar-refractivity contribution in [3.8, 4) is 0 Å². The van der Waals surface area contributed by atoms with Gasteiger partial charge < -0.3 is 15.0 Å². The first-order valence-corrected chi connectivity index (χ1v) is 6.77. The molecule has 0 radical (unpaired) electrons. The summed E-state index contributed by atoms with van der Waals surface area (Å²) in [6.07, 6.45) is 4.44. The lowest BCUT2D eigenvalue weighted by Crippen LogP contribution is -2.31. The van der Waals surface area contributed by atoms with Gasteiger partial charge in [-0.25, -0.2) is 4.98 Å². The Morgan fingerprint density at radius 1 is 1.50 bits per heavy atom. The van der Waals surface area contributed by atoms with Gasteiger partial charge in [0.05, 0.1) is 6.61 Å². The molecule has 4 nitrogen and oxygen atoms in total. The number of pyridine rings is 1. The van der Waals surface area contributed by atoms with E-state index < -0.39 is 0 Å². The first kappa shape index (κ1) is 13.3. The SMILES string of the molecule is CCNCc1cccnc1N(CCOC)C1CC1. The van der Waals surface area contributed by atoms with E-state index in [0.717, 1.165) is 32.1 Å². The van der Waals surface area contributed by atoms with E-state index in [-0.39, 0.29) is 0 Å². The first-order valence-electron chi connectivity index (χ1n) is 6.77. The van der Waals surface area contributed by atoms with Crippen molar-refractivity contribution in [1.29, 1.82) is 0 Å². The molecule has 0 saturated heterocycles. The zero-order chi connectivity index (χ0) is 12.8. The molecule has 0 amide bonds. The molecule has 1 aliphatic carbocycles. The Labute approximate surface area is 109 Å². The van der Waals surface area contributed by atoms with Crippen LogP contribution in [-0.2, 0) is 11.3 Å². The lowest BCUT2D eigenvalue weighted by atomic mass is 10.2. The Morgan fingerprint density at radius 3 is 3.00 bits per heavy atom. The predicted octanol–water partition coefficient (Wildman–Crippen LogP) is 1.81. The maximum atomic E-state index is 5.21. The van der Waals surface area contributed by atoms with Gasteiger partial charge in [0.2, 0.25) is 0 Å². The highest BCUT2D eigenvalue weighted by molar-refractivity contribution is 5.48. The van der Waals surface area contributed by atoms with E-state index >= 15 is 0 Å². The van der Waals surface area contributed by atoms with Gasteiger partial charge in [0.15, 0.2) is 0 Å². The zero-order valence-corrected chi connectivity index (χ0v) is 11.4. The zero-order valence-electron chi connectivity index (χ0n) is 11.4. The van der Waals surface area contributed by atoms with Crippen LogP contribution in [0.1, 0.15) is 25.3 Å². The summed E-state index contributed by atoms with van der Waals surface area (Å²) in [5.41, 5.74) is 1.28. The molecule has 0 aromatic carbocycles. The molecule has 0 spiro atoms. The minimum atomic E-state index is 0.662. The molecule has 1 aromatic heterocycles. The number of anilines is 1. The van der Waals surface area contributed by atoms with Gasteiger partial charge in [-0.1, -0.05) is 13.0 Å². The van der Waals surface area contributed by atoms with Gasteiger partial charge in [-0.15, -0.1) is 0 Å². The van der Waals surface area contributed by atoms with Crippen LogP contribution < -0.4 is 10.2 Å². The van der Waals surface area contributed by atoms with Gasteiger partial charge in [0.25, 0.3) is 0 Å². The maximum Gasteiger partial charge on any atom is 0.133 e. The first-order chi connectivity index (χ1) is 8.86. The van der Waals surface area contributed by atoms with Crippen molar-refractivity contribution < 1.29 is 4.74 Å². The number of nitrogens with one attached hydrogen (secondary N) is 1.